The Kier molecular flexibility index (Phi) is 9.91. The van der Waals surface area contributed by atoms with Crippen LogP contribution in [0.1, 0.15) is 36.5 Å². The second-order valence-corrected chi connectivity index (χ2v) is 6.91. The molecule has 1 N–H and O–H groups in total. The average molecular weight is 422 g/mol. The molecular weight excluding hydrogens is 397 g/mol. The number of halogens is 2. The molecule has 0 amide bonds. The van der Waals surface area contributed by atoms with Crippen LogP contribution in [0, 0.1) is 0 Å². The molecule has 150 valence electrons. The van der Waals surface area contributed by atoms with Crippen molar-refractivity contribution in [3.8, 4) is 5.75 Å². The third-order valence-corrected chi connectivity index (χ3v) is 4.59. The predicted molar refractivity (Wildman–Crippen MR) is 115 cm³/mol. The maximum Gasteiger partial charge on any atom is 0.326 e. The van der Waals surface area contributed by atoms with E-state index in [1.54, 1.807) is 0 Å². The van der Waals surface area contributed by atoms with Gasteiger partial charge in [-0.05, 0) is 41.3 Å². The minimum absolute atomic E-state index is 0.228. The summed E-state index contributed by atoms with van der Waals surface area (Å²) in [6, 6.07) is 14.1. The molecule has 0 atom stereocenters. The number of benzene rings is 2. The lowest BCUT2D eigenvalue weighted by atomic mass is 10.1. The van der Waals surface area contributed by atoms with Gasteiger partial charge < -0.3 is 14.3 Å². The van der Waals surface area contributed by atoms with Crippen molar-refractivity contribution in [1.29, 1.82) is 0 Å². The molecule has 0 saturated heterocycles. The first kappa shape index (κ1) is 22.3. The molecule has 0 aliphatic rings. The normalized spacial score (nSPS) is 11.0. The molecule has 4 nitrogen and oxygen atoms in total. The summed E-state index contributed by atoms with van der Waals surface area (Å²) in [4.78, 5) is 10.9. The summed E-state index contributed by atoms with van der Waals surface area (Å²) in [6.07, 6.45) is 6.33. The summed E-state index contributed by atoms with van der Waals surface area (Å²) in [6.45, 7) is 3.79. The molecule has 6 heteroatoms. The highest BCUT2D eigenvalue weighted by Gasteiger charge is 2.02. The number of hydrogen-bond acceptors (Lipinski definition) is 4. The molecule has 2 rings (SSSR count). The second kappa shape index (κ2) is 12.4. The number of hydrogen-bond donors (Lipinski definition) is 1. The van der Waals surface area contributed by atoms with E-state index in [4.69, 9.17) is 28.2 Å². The van der Waals surface area contributed by atoms with Crippen LogP contribution in [0.25, 0.3) is 6.08 Å². The SMILES string of the molecule is CCCc1ccc(COc2ccc(/C=C/CNCCC(=O)OCl)c(Cl)c2)cc1. The molecule has 0 bridgehead atoms. The molecule has 0 unspecified atom stereocenters. The van der Waals surface area contributed by atoms with E-state index in [-0.39, 0.29) is 6.42 Å². The van der Waals surface area contributed by atoms with Crippen molar-refractivity contribution in [2.45, 2.75) is 32.8 Å². The second-order valence-electron chi connectivity index (χ2n) is 6.34. The smallest absolute Gasteiger partial charge is 0.326 e. The fraction of sp³-hybridized carbons (Fsp3) is 0.318. The number of aryl methyl sites for hydroxylation is 1. The van der Waals surface area contributed by atoms with E-state index >= 15 is 0 Å². The van der Waals surface area contributed by atoms with Gasteiger partial charge in [0, 0.05) is 13.1 Å². The van der Waals surface area contributed by atoms with Crippen LogP contribution in [-0.2, 0) is 22.1 Å². The van der Waals surface area contributed by atoms with Crippen LogP contribution in [0.5, 0.6) is 5.75 Å². The molecule has 28 heavy (non-hydrogen) atoms. The van der Waals surface area contributed by atoms with E-state index in [1.165, 1.54) is 5.56 Å². The van der Waals surface area contributed by atoms with Gasteiger partial charge in [-0.15, -0.1) is 0 Å². The van der Waals surface area contributed by atoms with E-state index in [9.17, 15) is 4.79 Å². The number of ether oxygens (including phenoxy) is 1. The van der Waals surface area contributed by atoms with Gasteiger partial charge in [-0.1, -0.05) is 61.4 Å². The average Bonchev–Trinajstić information content (AvgIpc) is 2.71. The monoisotopic (exact) mass is 421 g/mol. The maximum absolute atomic E-state index is 10.9. The topological polar surface area (TPSA) is 47.6 Å². The van der Waals surface area contributed by atoms with E-state index in [0.29, 0.717) is 24.7 Å². The fourth-order valence-corrected chi connectivity index (χ4v) is 2.90. The number of carbonyl (C=O) groups is 1. The summed E-state index contributed by atoms with van der Waals surface area (Å²) in [7, 11) is 0. The first-order chi connectivity index (χ1) is 13.6. The van der Waals surface area contributed by atoms with Crippen molar-refractivity contribution in [2.75, 3.05) is 13.1 Å². The molecule has 0 aliphatic carbocycles. The standard InChI is InChI=1S/C22H25Cl2NO3/c1-2-4-17-6-8-18(9-7-17)16-27-20-11-10-19(21(23)15-20)5-3-13-25-14-12-22(26)28-24/h3,5-11,15,25H,2,4,12-14,16H2,1H3/b5-3+. The molecule has 0 aliphatic heterocycles. The van der Waals surface area contributed by atoms with Crippen molar-refractivity contribution in [3.63, 3.8) is 0 Å². The number of carbonyl (C=O) groups excluding carboxylic acids is 1. The van der Waals surface area contributed by atoms with Gasteiger partial charge in [0.05, 0.1) is 11.4 Å². The van der Waals surface area contributed by atoms with Crippen LogP contribution < -0.4 is 10.1 Å². The molecule has 0 aromatic heterocycles. The molecule has 0 fully saturated rings. The minimum atomic E-state index is -0.450. The Morgan fingerprint density at radius 3 is 2.57 bits per heavy atom. The Labute approximate surface area is 176 Å². The molecular formula is C22H25Cl2NO3. The molecule has 2 aromatic rings. The van der Waals surface area contributed by atoms with Crippen LogP contribution in [0.4, 0.5) is 0 Å². The van der Waals surface area contributed by atoms with Crippen molar-refractivity contribution in [1.82, 2.24) is 5.32 Å². The lowest BCUT2D eigenvalue weighted by Crippen LogP contribution is -2.18. The Hall–Kier alpha value is -2.01. The van der Waals surface area contributed by atoms with Gasteiger partial charge in [-0.25, -0.2) is 0 Å². The third-order valence-electron chi connectivity index (χ3n) is 4.09. The van der Waals surface area contributed by atoms with Gasteiger partial charge >= 0.3 is 5.97 Å². The van der Waals surface area contributed by atoms with Gasteiger partial charge in [-0.3, -0.25) is 4.79 Å². The molecule has 0 saturated carbocycles. The fourth-order valence-electron chi connectivity index (χ4n) is 2.59. The Morgan fingerprint density at radius 1 is 1.14 bits per heavy atom. The van der Waals surface area contributed by atoms with Gasteiger partial charge in [-0.2, -0.15) is 0 Å². The zero-order valence-corrected chi connectivity index (χ0v) is 17.4. The lowest BCUT2D eigenvalue weighted by molar-refractivity contribution is -0.133. The Morgan fingerprint density at radius 2 is 1.89 bits per heavy atom. The van der Waals surface area contributed by atoms with E-state index in [2.05, 4.69) is 40.8 Å². The van der Waals surface area contributed by atoms with Gasteiger partial charge in [0.15, 0.2) is 0 Å². The molecule has 0 spiro atoms. The summed E-state index contributed by atoms with van der Waals surface area (Å²) in [5, 5.41) is 3.71. The third kappa shape index (κ3) is 7.93. The molecule has 0 radical (unpaired) electrons. The maximum atomic E-state index is 10.9. The largest absolute Gasteiger partial charge is 0.489 e. The Balaban J connectivity index is 1.79. The number of rotatable bonds is 11. The van der Waals surface area contributed by atoms with E-state index in [0.717, 1.165) is 29.7 Å². The molecule has 2 aromatic carbocycles. The quantitative estimate of drug-likeness (QED) is 0.482. The van der Waals surface area contributed by atoms with Crippen LogP contribution in [0.3, 0.4) is 0 Å². The van der Waals surface area contributed by atoms with Crippen LogP contribution in [0.2, 0.25) is 5.02 Å². The van der Waals surface area contributed by atoms with Crippen molar-refractivity contribution < 1.29 is 13.8 Å². The predicted octanol–water partition coefficient (Wildman–Crippen LogP) is 5.56. The van der Waals surface area contributed by atoms with Crippen molar-refractivity contribution >= 4 is 35.5 Å². The first-order valence-corrected chi connectivity index (χ1v) is 10.00. The van der Waals surface area contributed by atoms with Crippen LogP contribution in [0.15, 0.2) is 48.5 Å². The summed E-state index contributed by atoms with van der Waals surface area (Å²) in [5.41, 5.74) is 3.38. The summed E-state index contributed by atoms with van der Waals surface area (Å²) < 4.78 is 9.90. The highest BCUT2D eigenvalue weighted by Crippen LogP contribution is 2.24. The Bertz CT molecular complexity index is 776. The van der Waals surface area contributed by atoms with Gasteiger partial charge in [0.25, 0.3) is 0 Å². The number of nitrogens with one attached hydrogen (secondary N) is 1. The van der Waals surface area contributed by atoms with Gasteiger partial charge in [0.1, 0.15) is 24.2 Å². The zero-order valence-electron chi connectivity index (χ0n) is 15.9. The highest BCUT2D eigenvalue weighted by molar-refractivity contribution is 6.32. The highest BCUT2D eigenvalue weighted by atomic mass is 35.5. The molecule has 0 heterocycles. The minimum Gasteiger partial charge on any atom is -0.489 e. The first-order valence-electron chi connectivity index (χ1n) is 9.31. The lowest BCUT2D eigenvalue weighted by Gasteiger charge is -2.09. The van der Waals surface area contributed by atoms with E-state index < -0.39 is 5.97 Å². The zero-order chi connectivity index (χ0) is 20.2. The van der Waals surface area contributed by atoms with Crippen molar-refractivity contribution in [2.24, 2.45) is 0 Å². The van der Waals surface area contributed by atoms with E-state index in [1.807, 2.05) is 30.4 Å². The summed E-state index contributed by atoms with van der Waals surface area (Å²) in [5.74, 6) is 0.283. The van der Waals surface area contributed by atoms with Crippen molar-refractivity contribution in [3.05, 3.63) is 70.3 Å². The summed E-state index contributed by atoms with van der Waals surface area (Å²) >= 11 is 11.3. The van der Waals surface area contributed by atoms with Gasteiger partial charge in [0.2, 0.25) is 0 Å². The van der Waals surface area contributed by atoms with Crippen LogP contribution in [-0.4, -0.2) is 19.1 Å². The van der Waals surface area contributed by atoms with Crippen LogP contribution >= 0.6 is 23.5 Å².